The minimum absolute atomic E-state index is 0.0487. The van der Waals surface area contributed by atoms with Crippen LogP contribution < -0.4 is 10.2 Å². The number of likely N-dealkylation sites (N-methyl/N-ethyl adjacent to an activating group) is 1. The van der Waals surface area contributed by atoms with Gasteiger partial charge < -0.3 is 9.64 Å². The van der Waals surface area contributed by atoms with Crippen molar-refractivity contribution in [3.05, 3.63) is 28.2 Å². The number of anilines is 1. The SMILES string of the molecule is CCOC(=O)[C@@H]1CSC2(N1)C(=O)N(C)c1ccc(Br)cc12. The van der Waals surface area contributed by atoms with Gasteiger partial charge in [0.1, 0.15) is 6.04 Å². The number of rotatable bonds is 2. The molecule has 0 saturated carbocycles. The fourth-order valence-electron chi connectivity index (χ4n) is 2.73. The van der Waals surface area contributed by atoms with Crippen molar-refractivity contribution >= 4 is 45.3 Å². The van der Waals surface area contributed by atoms with Gasteiger partial charge in [0.05, 0.1) is 6.61 Å². The molecule has 1 saturated heterocycles. The highest BCUT2D eigenvalue weighted by Crippen LogP contribution is 2.50. The van der Waals surface area contributed by atoms with E-state index in [0.717, 1.165) is 15.7 Å². The van der Waals surface area contributed by atoms with Gasteiger partial charge >= 0.3 is 5.97 Å². The first-order chi connectivity index (χ1) is 9.99. The molecule has 2 heterocycles. The molecule has 1 spiro atoms. The van der Waals surface area contributed by atoms with Gasteiger partial charge in [0.2, 0.25) is 0 Å². The van der Waals surface area contributed by atoms with Crippen LogP contribution in [0.2, 0.25) is 0 Å². The first kappa shape index (κ1) is 14.9. The molecule has 1 aromatic rings. The largest absolute Gasteiger partial charge is 0.465 e. The molecular formula is C14H15BrN2O3S. The Balaban J connectivity index is 1.98. The molecule has 112 valence electrons. The Hall–Kier alpha value is -1.05. The topological polar surface area (TPSA) is 58.6 Å². The van der Waals surface area contributed by atoms with E-state index in [4.69, 9.17) is 4.74 Å². The molecule has 1 unspecified atom stereocenters. The number of thioether (sulfide) groups is 1. The molecule has 21 heavy (non-hydrogen) atoms. The van der Waals surface area contributed by atoms with Crippen molar-refractivity contribution in [1.29, 1.82) is 0 Å². The van der Waals surface area contributed by atoms with Crippen LogP contribution in [0.4, 0.5) is 5.69 Å². The number of carbonyl (C=O) groups is 2. The van der Waals surface area contributed by atoms with Crippen LogP contribution in [0.3, 0.4) is 0 Å². The Labute approximate surface area is 135 Å². The summed E-state index contributed by atoms with van der Waals surface area (Å²) in [7, 11) is 1.75. The molecule has 0 radical (unpaired) electrons. The van der Waals surface area contributed by atoms with Gasteiger partial charge in [0.15, 0.2) is 4.87 Å². The number of hydrogen-bond acceptors (Lipinski definition) is 5. The predicted octanol–water partition coefficient (Wildman–Crippen LogP) is 1.85. The van der Waals surface area contributed by atoms with Crippen molar-refractivity contribution < 1.29 is 14.3 Å². The highest BCUT2D eigenvalue weighted by Gasteiger charge is 2.56. The first-order valence-corrected chi connectivity index (χ1v) is 8.44. The molecule has 0 aromatic heterocycles. The van der Waals surface area contributed by atoms with E-state index >= 15 is 0 Å². The maximum absolute atomic E-state index is 12.7. The lowest BCUT2D eigenvalue weighted by molar-refractivity contribution is -0.145. The molecule has 1 aromatic carbocycles. The van der Waals surface area contributed by atoms with Gasteiger partial charge in [-0.3, -0.25) is 14.9 Å². The average molecular weight is 371 g/mol. The zero-order chi connectivity index (χ0) is 15.2. The predicted molar refractivity (Wildman–Crippen MR) is 85.2 cm³/mol. The Bertz CT molecular complexity index is 624. The number of ether oxygens (including phenoxy) is 1. The summed E-state index contributed by atoms with van der Waals surface area (Å²) in [5, 5.41) is 3.19. The number of amides is 1. The smallest absolute Gasteiger partial charge is 0.324 e. The number of fused-ring (bicyclic) bond motifs is 2. The van der Waals surface area contributed by atoms with Gasteiger partial charge in [-0.1, -0.05) is 15.9 Å². The second-order valence-electron chi connectivity index (χ2n) is 4.97. The van der Waals surface area contributed by atoms with Gasteiger partial charge in [-0.15, -0.1) is 11.8 Å². The summed E-state index contributed by atoms with van der Waals surface area (Å²) >= 11 is 4.90. The van der Waals surface area contributed by atoms with Crippen LogP contribution in [0.25, 0.3) is 0 Å². The second kappa shape index (κ2) is 5.30. The lowest BCUT2D eigenvalue weighted by Crippen LogP contribution is -2.49. The van der Waals surface area contributed by atoms with Crippen LogP contribution in [0.1, 0.15) is 12.5 Å². The van der Waals surface area contributed by atoms with Crippen LogP contribution in [0.5, 0.6) is 0 Å². The molecule has 2 aliphatic heterocycles. The van der Waals surface area contributed by atoms with Crippen molar-refractivity contribution in [3.8, 4) is 0 Å². The van der Waals surface area contributed by atoms with E-state index in [1.807, 2.05) is 18.2 Å². The van der Waals surface area contributed by atoms with Crippen molar-refractivity contribution in [2.75, 3.05) is 24.3 Å². The Morgan fingerprint density at radius 2 is 2.38 bits per heavy atom. The van der Waals surface area contributed by atoms with E-state index in [1.165, 1.54) is 11.8 Å². The monoisotopic (exact) mass is 370 g/mol. The minimum Gasteiger partial charge on any atom is -0.465 e. The maximum Gasteiger partial charge on any atom is 0.324 e. The summed E-state index contributed by atoms with van der Waals surface area (Å²) in [6.45, 7) is 2.11. The molecule has 2 atom stereocenters. The van der Waals surface area contributed by atoms with Crippen LogP contribution in [-0.4, -0.2) is 37.3 Å². The van der Waals surface area contributed by atoms with Crippen molar-refractivity contribution in [2.24, 2.45) is 0 Å². The quantitative estimate of drug-likeness (QED) is 0.805. The van der Waals surface area contributed by atoms with Crippen molar-refractivity contribution in [2.45, 2.75) is 17.8 Å². The average Bonchev–Trinajstić information content (AvgIpc) is 2.99. The van der Waals surface area contributed by atoms with Gasteiger partial charge in [0, 0.05) is 28.5 Å². The first-order valence-electron chi connectivity index (χ1n) is 6.66. The highest BCUT2D eigenvalue weighted by molar-refractivity contribution is 9.10. The summed E-state index contributed by atoms with van der Waals surface area (Å²) in [6.07, 6.45) is 0. The molecule has 1 N–H and O–H groups in total. The molecule has 7 heteroatoms. The Morgan fingerprint density at radius 3 is 3.10 bits per heavy atom. The van der Waals surface area contributed by atoms with Crippen LogP contribution in [-0.2, 0) is 19.2 Å². The van der Waals surface area contributed by atoms with Gasteiger partial charge in [0.25, 0.3) is 5.91 Å². The number of hydrogen-bond donors (Lipinski definition) is 1. The summed E-state index contributed by atoms with van der Waals surface area (Å²) in [4.78, 5) is 25.4. The molecular weight excluding hydrogens is 356 g/mol. The Morgan fingerprint density at radius 1 is 1.62 bits per heavy atom. The second-order valence-corrected chi connectivity index (χ2v) is 7.12. The molecule has 0 aliphatic carbocycles. The van der Waals surface area contributed by atoms with E-state index in [1.54, 1.807) is 18.9 Å². The van der Waals surface area contributed by atoms with E-state index in [0.29, 0.717) is 12.4 Å². The standard InChI is InChI=1S/C14H15BrN2O3S/c1-3-20-12(18)10-7-21-14(16-10)9-6-8(15)4-5-11(9)17(2)13(14)19/h4-6,10,16H,3,7H2,1-2H3/t10-,14?/m0/s1. The van der Waals surface area contributed by atoms with Gasteiger partial charge in [-0.05, 0) is 25.1 Å². The summed E-state index contributed by atoms with van der Waals surface area (Å²) in [5.41, 5.74) is 1.76. The third-order valence-electron chi connectivity index (χ3n) is 3.72. The fraction of sp³-hybridized carbons (Fsp3) is 0.429. The minimum atomic E-state index is -0.884. The van der Waals surface area contributed by atoms with Crippen LogP contribution in [0.15, 0.2) is 22.7 Å². The third kappa shape index (κ3) is 2.18. The third-order valence-corrected chi connectivity index (χ3v) is 5.66. The molecule has 3 rings (SSSR count). The van der Waals surface area contributed by atoms with Gasteiger partial charge in [-0.2, -0.15) is 0 Å². The molecule has 0 bridgehead atoms. The van der Waals surface area contributed by atoms with E-state index in [9.17, 15) is 9.59 Å². The normalized spacial score (nSPS) is 27.3. The lowest BCUT2D eigenvalue weighted by atomic mass is 10.1. The van der Waals surface area contributed by atoms with Gasteiger partial charge in [-0.25, -0.2) is 0 Å². The number of nitrogens with one attached hydrogen (secondary N) is 1. The molecule has 1 fully saturated rings. The highest BCUT2D eigenvalue weighted by atomic mass is 79.9. The van der Waals surface area contributed by atoms with Crippen LogP contribution in [0, 0.1) is 0 Å². The van der Waals surface area contributed by atoms with E-state index in [-0.39, 0.29) is 11.9 Å². The summed E-state index contributed by atoms with van der Waals surface area (Å²) in [5.74, 6) is 0.165. The van der Waals surface area contributed by atoms with Crippen molar-refractivity contribution in [3.63, 3.8) is 0 Å². The van der Waals surface area contributed by atoms with Crippen molar-refractivity contribution in [1.82, 2.24) is 5.32 Å². The zero-order valence-corrected chi connectivity index (χ0v) is 14.1. The number of benzene rings is 1. The van der Waals surface area contributed by atoms with E-state index in [2.05, 4.69) is 21.2 Å². The number of nitrogens with zero attached hydrogens (tertiary/aromatic N) is 1. The number of halogens is 1. The molecule has 2 aliphatic rings. The van der Waals surface area contributed by atoms with E-state index < -0.39 is 10.9 Å². The molecule has 1 amide bonds. The molecule has 5 nitrogen and oxygen atoms in total. The maximum atomic E-state index is 12.7. The lowest BCUT2D eigenvalue weighted by Gasteiger charge is -2.23. The van der Waals surface area contributed by atoms with Crippen LogP contribution >= 0.6 is 27.7 Å². The Kier molecular flexibility index (Phi) is 3.75. The summed E-state index contributed by atoms with van der Waals surface area (Å²) in [6, 6.07) is 5.29. The zero-order valence-electron chi connectivity index (χ0n) is 11.7. The fourth-order valence-corrected chi connectivity index (χ4v) is 4.53. The number of carbonyl (C=O) groups excluding carboxylic acids is 2. The number of esters is 1. The summed E-state index contributed by atoms with van der Waals surface area (Å²) < 4.78 is 5.96.